The summed E-state index contributed by atoms with van der Waals surface area (Å²) < 4.78 is 8.05. The minimum atomic E-state index is 0.0681. The van der Waals surface area contributed by atoms with Gasteiger partial charge in [0.05, 0.1) is 6.61 Å². The SMILES string of the molecule is CCN(C)CCN(C)C(=O)/C=C/c1c(C)n(CCCN2CCCOCC2)c2c1=CCCC=2. The zero-order valence-corrected chi connectivity index (χ0v) is 20.6. The number of amides is 1. The third kappa shape index (κ3) is 6.56. The van der Waals surface area contributed by atoms with Gasteiger partial charge in [0.15, 0.2) is 0 Å². The van der Waals surface area contributed by atoms with Gasteiger partial charge in [0.25, 0.3) is 0 Å². The Kier molecular flexibility index (Phi) is 9.57. The van der Waals surface area contributed by atoms with Gasteiger partial charge in [-0.05, 0) is 58.8 Å². The van der Waals surface area contributed by atoms with E-state index in [9.17, 15) is 4.79 Å². The van der Waals surface area contributed by atoms with Gasteiger partial charge in [-0.2, -0.15) is 0 Å². The first kappa shape index (κ1) is 24.7. The molecular formula is C26H42N4O2. The van der Waals surface area contributed by atoms with E-state index in [0.29, 0.717) is 0 Å². The molecule has 1 aliphatic heterocycles. The maximum absolute atomic E-state index is 12.7. The van der Waals surface area contributed by atoms with Gasteiger partial charge >= 0.3 is 0 Å². The number of fused-ring (bicyclic) bond motifs is 1. The Balaban J connectivity index is 1.68. The number of hydrogen-bond donors (Lipinski definition) is 0. The van der Waals surface area contributed by atoms with Crippen molar-refractivity contribution in [1.82, 2.24) is 19.3 Å². The molecule has 1 fully saturated rings. The fraction of sp³-hybridized carbons (Fsp3) is 0.654. The van der Waals surface area contributed by atoms with Crippen LogP contribution in [0.5, 0.6) is 0 Å². The van der Waals surface area contributed by atoms with Crippen molar-refractivity contribution in [3.8, 4) is 0 Å². The van der Waals surface area contributed by atoms with Crippen molar-refractivity contribution in [1.29, 1.82) is 0 Å². The highest BCUT2D eigenvalue weighted by molar-refractivity contribution is 5.91. The van der Waals surface area contributed by atoms with Crippen molar-refractivity contribution in [2.45, 2.75) is 46.1 Å². The second kappa shape index (κ2) is 12.4. The second-order valence-corrected chi connectivity index (χ2v) is 9.09. The molecule has 1 saturated heterocycles. The minimum absolute atomic E-state index is 0.0681. The highest BCUT2D eigenvalue weighted by Gasteiger charge is 2.14. The fourth-order valence-corrected chi connectivity index (χ4v) is 4.53. The summed E-state index contributed by atoms with van der Waals surface area (Å²) in [7, 11) is 3.97. The van der Waals surface area contributed by atoms with Crippen molar-refractivity contribution in [3.63, 3.8) is 0 Å². The number of likely N-dealkylation sites (N-methyl/N-ethyl adjacent to an activating group) is 2. The molecule has 0 atom stereocenters. The Morgan fingerprint density at radius 3 is 2.75 bits per heavy atom. The Labute approximate surface area is 193 Å². The molecule has 0 unspecified atom stereocenters. The summed E-state index contributed by atoms with van der Waals surface area (Å²) in [5, 5.41) is 2.63. The Morgan fingerprint density at radius 2 is 1.94 bits per heavy atom. The average molecular weight is 443 g/mol. The lowest BCUT2D eigenvalue weighted by atomic mass is 10.1. The first-order chi connectivity index (χ1) is 15.5. The third-order valence-corrected chi connectivity index (χ3v) is 6.80. The quantitative estimate of drug-likeness (QED) is 0.517. The highest BCUT2D eigenvalue weighted by Crippen LogP contribution is 2.10. The predicted molar refractivity (Wildman–Crippen MR) is 133 cm³/mol. The monoisotopic (exact) mass is 442 g/mol. The van der Waals surface area contributed by atoms with Crippen LogP contribution >= 0.6 is 0 Å². The number of ether oxygens (including phenoxy) is 1. The molecular weight excluding hydrogens is 400 g/mol. The normalized spacial score (nSPS) is 17.2. The number of rotatable bonds is 10. The van der Waals surface area contributed by atoms with Crippen molar-refractivity contribution in [2.24, 2.45) is 0 Å². The van der Waals surface area contributed by atoms with Crippen LogP contribution in [-0.2, 0) is 16.1 Å². The molecule has 0 bridgehead atoms. The van der Waals surface area contributed by atoms with Crippen molar-refractivity contribution >= 4 is 24.1 Å². The van der Waals surface area contributed by atoms with Crippen molar-refractivity contribution in [2.75, 3.05) is 66.6 Å². The summed E-state index contributed by atoms with van der Waals surface area (Å²) >= 11 is 0. The fourth-order valence-electron chi connectivity index (χ4n) is 4.53. The maximum atomic E-state index is 12.7. The molecule has 0 saturated carbocycles. The summed E-state index contributed by atoms with van der Waals surface area (Å²) in [5.41, 5.74) is 2.47. The number of carbonyl (C=O) groups is 1. The minimum Gasteiger partial charge on any atom is -0.380 e. The molecule has 2 aliphatic rings. The number of hydrogen-bond acceptors (Lipinski definition) is 4. The summed E-state index contributed by atoms with van der Waals surface area (Å²) in [6, 6.07) is 0. The topological polar surface area (TPSA) is 41.0 Å². The zero-order valence-electron chi connectivity index (χ0n) is 20.6. The standard InChI is InChI=1S/C26H42N4O2/c1-5-27(3)17-18-28(4)26(31)13-12-23-22(2)30(25-11-7-6-10-24(23)25)16-8-14-29-15-9-20-32-21-19-29/h10-13H,5-9,14-21H2,1-4H3/b13-12+. The van der Waals surface area contributed by atoms with Crippen LogP contribution in [0.3, 0.4) is 0 Å². The first-order valence-electron chi connectivity index (χ1n) is 12.3. The van der Waals surface area contributed by atoms with Crippen LogP contribution < -0.4 is 10.6 Å². The molecule has 0 N–H and O–H groups in total. The zero-order chi connectivity index (χ0) is 22.9. The lowest BCUT2D eigenvalue weighted by Gasteiger charge is -2.20. The lowest BCUT2D eigenvalue weighted by molar-refractivity contribution is -0.124. The van der Waals surface area contributed by atoms with Gasteiger partial charge in [0, 0.05) is 74.3 Å². The molecule has 6 nitrogen and oxygen atoms in total. The van der Waals surface area contributed by atoms with Gasteiger partial charge in [-0.1, -0.05) is 19.1 Å². The number of nitrogens with zero attached hydrogens (tertiary/aromatic N) is 4. The van der Waals surface area contributed by atoms with E-state index < -0.39 is 0 Å². The van der Waals surface area contributed by atoms with Crippen molar-refractivity contribution in [3.05, 3.63) is 27.9 Å². The van der Waals surface area contributed by atoms with E-state index in [0.717, 1.165) is 84.7 Å². The molecule has 1 aromatic rings. The second-order valence-electron chi connectivity index (χ2n) is 9.09. The Bertz CT molecular complexity index is 894. The average Bonchev–Trinajstić information content (AvgIpc) is 2.95. The molecule has 1 aromatic heterocycles. The summed E-state index contributed by atoms with van der Waals surface area (Å²) in [4.78, 5) is 19.2. The molecule has 178 valence electrons. The summed E-state index contributed by atoms with van der Waals surface area (Å²) in [5.74, 6) is 0.0681. The molecule has 32 heavy (non-hydrogen) atoms. The molecule has 6 heteroatoms. The molecule has 3 rings (SSSR count). The van der Waals surface area contributed by atoms with Crippen LogP contribution in [0, 0.1) is 6.92 Å². The van der Waals surface area contributed by atoms with E-state index in [2.05, 4.69) is 47.4 Å². The third-order valence-electron chi connectivity index (χ3n) is 6.80. The van der Waals surface area contributed by atoms with E-state index in [-0.39, 0.29) is 5.91 Å². The maximum Gasteiger partial charge on any atom is 0.246 e. The molecule has 2 heterocycles. The van der Waals surface area contributed by atoms with Crippen LogP contribution in [0.15, 0.2) is 6.08 Å². The van der Waals surface area contributed by atoms with Crippen LogP contribution in [0.4, 0.5) is 0 Å². The van der Waals surface area contributed by atoms with E-state index in [1.54, 1.807) is 6.08 Å². The van der Waals surface area contributed by atoms with E-state index in [1.165, 1.54) is 21.8 Å². The first-order valence-corrected chi connectivity index (χ1v) is 12.3. The van der Waals surface area contributed by atoms with Crippen LogP contribution in [0.2, 0.25) is 0 Å². The van der Waals surface area contributed by atoms with Crippen molar-refractivity contribution < 1.29 is 9.53 Å². The van der Waals surface area contributed by atoms with E-state index >= 15 is 0 Å². The van der Waals surface area contributed by atoms with Gasteiger partial charge in [-0.15, -0.1) is 0 Å². The van der Waals surface area contributed by atoms with Gasteiger partial charge in [-0.3, -0.25) is 4.79 Å². The summed E-state index contributed by atoms with van der Waals surface area (Å²) in [6.45, 7) is 13.0. The smallest absolute Gasteiger partial charge is 0.246 e. The van der Waals surface area contributed by atoms with E-state index in [1.807, 2.05) is 18.0 Å². The molecule has 0 radical (unpaired) electrons. The molecule has 0 spiro atoms. The molecule has 1 aliphatic carbocycles. The Morgan fingerprint density at radius 1 is 1.12 bits per heavy atom. The number of aromatic nitrogens is 1. The van der Waals surface area contributed by atoms with Gasteiger partial charge in [0.2, 0.25) is 5.91 Å². The van der Waals surface area contributed by atoms with Crippen LogP contribution in [-0.4, -0.2) is 91.8 Å². The van der Waals surface area contributed by atoms with Gasteiger partial charge in [-0.25, -0.2) is 0 Å². The summed E-state index contributed by atoms with van der Waals surface area (Å²) in [6.07, 6.45) is 12.9. The number of carbonyl (C=O) groups excluding carboxylic acids is 1. The molecule has 1 amide bonds. The lowest BCUT2D eigenvalue weighted by Crippen LogP contribution is -2.34. The van der Waals surface area contributed by atoms with Gasteiger partial charge < -0.3 is 24.0 Å². The van der Waals surface area contributed by atoms with E-state index in [4.69, 9.17) is 4.74 Å². The highest BCUT2D eigenvalue weighted by atomic mass is 16.5. The molecule has 0 aromatic carbocycles. The predicted octanol–water partition coefficient (Wildman–Crippen LogP) is 1.69. The Hall–Kier alpha value is -1.89. The van der Waals surface area contributed by atoms with Gasteiger partial charge in [0.1, 0.15) is 0 Å². The van der Waals surface area contributed by atoms with Crippen LogP contribution in [0.1, 0.15) is 43.9 Å². The largest absolute Gasteiger partial charge is 0.380 e. The van der Waals surface area contributed by atoms with Crippen LogP contribution in [0.25, 0.3) is 18.2 Å².